The van der Waals surface area contributed by atoms with Crippen LogP contribution in [-0.4, -0.2) is 16.3 Å². The molecular formula is C10H7ClN2O. The Hall–Kier alpha value is -1.61. The van der Waals surface area contributed by atoms with Crippen LogP contribution in [0.5, 0.6) is 0 Å². The van der Waals surface area contributed by atoms with Crippen LogP contribution in [0.1, 0.15) is 10.5 Å². The number of aromatic amines is 1. The number of rotatable bonds is 2. The average molecular weight is 207 g/mol. The van der Waals surface area contributed by atoms with Crippen LogP contribution >= 0.6 is 11.6 Å². The zero-order valence-corrected chi connectivity index (χ0v) is 7.95. The van der Waals surface area contributed by atoms with Crippen molar-refractivity contribution in [3.63, 3.8) is 0 Å². The maximum atomic E-state index is 10.4. The fourth-order valence-electron chi connectivity index (χ4n) is 1.18. The largest absolute Gasteiger partial charge is 0.352 e. The van der Waals surface area contributed by atoms with Gasteiger partial charge in [-0.2, -0.15) is 0 Å². The van der Waals surface area contributed by atoms with Gasteiger partial charge in [-0.05, 0) is 24.3 Å². The molecular weight excluding hydrogens is 200 g/mol. The first-order valence-electron chi connectivity index (χ1n) is 4.06. The SMILES string of the molecule is O=Cc1ccc(-c2ccc(Cl)nc2)[nH]1. The van der Waals surface area contributed by atoms with Gasteiger partial charge < -0.3 is 4.98 Å². The smallest absolute Gasteiger partial charge is 0.166 e. The number of aldehydes is 1. The maximum absolute atomic E-state index is 10.4. The lowest BCUT2D eigenvalue weighted by Crippen LogP contribution is -1.82. The third-order valence-electron chi connectivity index (χ3n) is 1.87. The van der Waals surface area contributed by atoms with Crippen molar-refractivity contribution in [3.8, 4) is 11.3 Å². The molecule has 0 aromatic carbocycles. The molecule has 0 aliphatic rings. The highest BCUT2D eigenvalue weighted by Gasteiger charge is 2.00. The van der Waals surface area contributed by atoms with Gasteiger partial charge in [0.05, 0.1) is 5.69 Å². The summed E-state index contributed by atoms with van der Waals surface area (Å²) in [4.78, 5) is 17.3. The van der Waals surface area contributed by atoms with E-state index < -0.39 is 0 Å². The molecule has 3 nitrogen and oxygen atoms in total. The van der Waals surface area contributed by atoms with Crippen molar-refractivity contribution in [1.82, 2.24) is 9.97 Å². The number of carbonyl (C=O) groups excluding carboxylic acids is 1. The quantitative estimate of drug-likeness (QED) is 0.606. The van der Waals surface area contributed by atoms with E-state index in [2.05, 4.69) is 9.97 Å². The molecule has 4 heteroatoms. The van der Waals surface area contributed by atoms with Crippen LogP contribution in [0.4, 0.5) is 0 Å². The molecule has 0 radical (unpaired) electrons. The third kappa shape index (κ3) is 1.67. The molecule has 0 saturated carbocycles. The molecule has 0 fully saturated rings. The van der Waals surface area contributed by atoms with Gasteiger partial charge in [-0.15, -0.1) is 0 Å². The van der Waals surface area contributed by atoms with E-state index in [0.717, 1.165) is 17.5 Å². The van der Waals surface area contributed by atoms with Crippen molar-refractivity contribution in [1.29, 1.82) is 0 Å². The van der Waals surface area contributed by atoms with Crippen molar-refractivity contribution in [3.05, 3.63) is 41.3 Å². The minimum atomic E-state index is 0.455. The Kier molecular flexibility index (Phi) is 2.33. The zero-order chi connectivity index (χ0) is 9.97. The van der Waals surface area contributed by atoms with E-state index in [9.17, 15) is 4.79 Å². The Morgan fingerprint density at radius 1 is 1.29 bits per heavy atom. The van der Waals surface area contributed by atoms with E-state index in [-0.39, 0.29) is 0 Å². The van der Waals surface area contributed by atoms with Gasteiger partial charge in [-0.3, -0.25) is 4.79 Å². The van der Waals surface area contributed by atoms with Crippen molar-refractivity contribution >= 4 is 17.9 Å². The second-order valence-corrected chi connectivity index (χ2v) is 3.20. The highest BCUT2D eigenvalue weighted by Crippen LogP contribution is 2.18. The van der Waals surface area contributed by atoms with Crippen molar-refractivity contribution in [2.45, 2.75) is 0 Å². The predicted octanol–water partition coefficient (Wildman–Crippen LogP) is 2.54. The molecule has 2 rings (SSSR count). The number of nitrogens with one attached hydrogen (secondary N) is 1. The summed E-state index contributed by atoms with van der Waals surface area (Å²) in [6.07, 6.45) is 2.43. The molecule has 0 aliphatic heterocycles. The minimum Gasteiger partial charge on any atom is -0.352 e. The molecule has 0 saturated heterocycles. The molecule has 0 atom stereocenters. The van der Waals surface area contributed by atoms with Crippen molar-refractivity contribution < 1.29 is 4.79 Å². The van der Waals surface area contributed by atoms with Crippen LogP contribution in [0.15, 0.2) is 30.5 Å². The Labute approximate surface area is 85.7 Å². The Bertz CT molecular complexity index is 447. The second kappa shape index (κ2) is 3.64. The number of halogens is 1. The van der Waals surface area contributed by atoms with Crippen LogP contribution < -0.4 is 0 Å². The summed E-state index contributed by atoms with van der Waals surface area (Å²) in [6.45, 7) is 0. The Balaban J connectivity index is 2.39. The molecule has 0 spiro atoms. The zero-order valence-electron chi connectivity index (χ0n) is 7.20. The van der Waals surface area contributed by atoms with Crippen LogP contribution in [-0.2, 0) is 0 Å². The van der Waals surface area contributed by atoms with Gasteiger partial charge in [0.1, 0.15) is 5.15 Å². The molecule has 1 N–H and O–H groups in total. The van der Waals surface area contributed by atoms with Crippen molar-refractivity contribution in [2.24, 2.45) is 0 Å². The molecule has 0 aliphatic carbocycles. The highest BCUT2D eigenvalue weighted by atomic mass is 35.5. The van der Waals surface area contributed by atoms with Crippen LogP contribution in [0.2, 0.25) is 5.15 Å². The standard InChI is InChI=1S/C10H7ClN2O/c11-10-4-1-7(5-12-10)9-3-2-8(6-14)13-9/h1-6,13H. The van der Waals surface area contributed by atoms with E-state index >= 15 is 0 Å². The summed E-state index contributed by atoms with van der Waals surface area (Å²) >= 11 is 5.65. The van der Waals surface area contributed by atoms with E-state index in [0.29, 0.717) is 10.8 Å². The van der Waals surface area contributed by atoms with Gasteiger partial charge in [-0.1, -0.05) is 11.6 Å². The Morgan fingerprint density at radius 2 is 2.14 bits per heavy atom. The van der Waals surface area contributed by atoms with E-state index in [1.54, 1.807) is 18.3 Å². The topological polar surface area (TPSA) is 45.8 Å². The van der Waals surface area contributed by atoms with Crippen LogP contribution in [0, 0.1) is 0 Å². The van der Waals surface area contributed by atoms with Gasteiger partial charge in [0, 0.05) is 17.5 Å². The van der Waals surface area contributed by atoms with Gasteiger partial charge in [0.2, 0.25) is 0 Å². The summed E-state index contributed by atoms with van der Waals surface area (Å²) < 4.78 is 0. The number of nitrogens with zero attached hydrogens (tertiary/aromatic N) is 1. The summed E-state index contributed by atoms with van der Waals surface area (Å²) in [7, 11) is 0. The minimum absolute atomic E-state index is 0.455. The predicted molar refractivity (Wildman–Crippen MR) is 54.4 cm³/mol. The number of hydrogen-bond acceptors (Lipinski definition) is 2. The number of hydrogen-bond donors (Lipinski definition) is 1. The average Bonchev–Trinajstić information content (AvgIpc) is 2.67. The van der Waals surface area contributed by atoms with Crippen LogP contribution in [0.25, 0.3) is 11.3 Å². The van der Waals surface area contributed by atoms with E-state index in [4.69, 9.17) is 11.6 Å². The fraction of sp³-hybridized carbons (Fsp3) is 0. The lowest BCUT2D eigenvalue weighted by Gasteiger charge is -1.96. The summed E-state index contributed by atoms with van der Waals surface area (Å²) in [5.74, 6) is 0. The first kappa shape index (κ1) is 8.97. The monoisotopic (exact) mass is 206 g/mol. The molecule has 0 bridgehead atoms. The maximum Gasteiger partial charge on any atom is 0.166 e. The summed E-state index contributed by atoms with van der Waals surface area (Å²) in [6, 6.07) is 7.10. The molecule has 70 valence electrons. The van der Waals surface area contributed by atoms with Crippen LogP contribution in [0.3, 0.4) is 0 Å². The lowest BCUT2D eigenvalue weighted by molar-refractivity contribution is 0.111. The summed E-state index contributed by atoms with van der Waals surface area (Å²) in [5, 5.41) is 0.455. The summed E-state index contributed by atoms with van der Waals surface area (Å²) in [5.41, 5.74) is 2.31. The van der Waals surface area contributed by atoms with Gasteiger partial charge in [0.15, 0.2) is 6.29 Å². The Morgan fingerprint density at radius 3 is 2.71 bits per heavy atom. The number of carbonyl (C=O) groups is 1. The number of H-pyrrole nitrogens is 1. The third-order valence-corrected chi connectivity index (χ3v) is 2.10. The van der Waals surface area contributed by atoms with Gasteiger partial charge in [0.25, 0.3) is 0 Å². The lowest BCUT2D eigenvalue weighted by atomic mass is 10.2. The molecule has 14 heavy (non-hydrogen) atoms. The first-order valence-corrected chi connectivity index (χ1v) is 4.43. The molecule has 2 aromatic rings. The highest BCUT2D eigenvalue weighted by molar-refractivity contribution is 6.29. The van der Waals surface area contributed by atoms with E-state index in [1.165, 1.54) is 0 Å². The first-order chi connectivity index (χ1) is 6.79. The second-order valence-electron chi connectivity index (χ2n) is 2.81. The van der Waals surface area contributed by atoms with Gasteiger partial charge in [-0.25, -0.2) is 4.98 Å². The number of pyridine rings is 1. The molecule has 0 unspecified atom stereocenters. The fourth-order valence-corrected chi connectivity index (χ4v) is 1.30. The van der Waals surface area contributed by atoms with Gasteiger partial charge >= 0.3 is 0 Å². The van der Waals surface area contributed by atoms with E-state index in [1.807, 2.05) is 12.1 Å². The molecule has 0 amide bonds. The number of aromatic nitrogens is 2. The van der Waals surface area contributed by atoms with Crippen molar-refractivity contribution in [2.75, 3.05) is 0 Å². The molecule has 2 heterocycles. The normalized spacial score (nSPS) is 10.1. The molecule has 2 aromatic heterocycles.